The molecule has 9 nitrogen and oxygen atoms in total. The molecule has 0 radical (unpaired) electrons. The Hall–Kier alpha value is -2.79. The van der Waals surface area contributed by atoms with E-state index < -0.39 is 37.2 Å². The first kappa shape index (κ1) is 23.9. The van der Waals surface area contributed by atoms with Crippen molar-refractivity contribution in [3.05, 3.63) is 62.6 Å². The summed E-state index contributed by atoms with van der Waals surface area (Å²) in [6, 6.07) is 9.03. The Morgan fingerprint density at radius 1 is 1.22 bits per heavy atom. The lowest BCUT2D eigenvalue weighted by Crippen LogP contribution is -2.42. The minimum Gasteiger partial charge on any atom is -0.466 e. The number of nitro groups is 1. The number of carbonyl (C=O) groups excluding carboxylic acids is 2. The van der Waals surface area contributed by atoms with E-state index in [4.69, 9.17) is 4.74 Å². The standard InChI is InChI=1S/C21H21BrN2O7S/c1-2-31-21(26)15-4-3-11-23(13-15)20(25)14-5-10-19(18(12-14)24(27)28)32(29,30)17-8-6-16(22)7-9-17/h5-10,12,15H,2-4,11,13H2,1H3/t15-/m0/s1. The van der Waals surface area contributed by atoms with Gasteiger partial charge in [-0.3, -0.25) is 19.7 Å². The molecule has 0 N–H and O–H groups in total. The first-order valence-electron chi connectivity index (χ1n) is 9.90. The van der Waals surface area contributed by atoms with Crippen molar-refractivity contribution >= 4 is 43.3 Å². The summed E-state index contributed by atoms with van der Waals surface area (Å²) >= 11 is 3.22. The lowest BCUT2D eigenvalue weighted by molar-refractivity contribution is -0.387. The molecule has 0 aliphatic carbocycles. The molecule has 1 amide bonds. The van der Waals surface area contributed by atoms with Gasteiger partial charge in [-0.1, -0.05) is 15.9 Å². The average Bonchev–Trinajstić information content (AvgIpc) is 2.78. The number of likely N-dealkylation sites (tertiary alicyclic amines) is 1. The van der Waals surface area contributed by atoms with E-state index in [1.807, 2.05) is 0 Å². The second-order valence-corrected chi connectivity index (χ2v) is 10.1. The van der Waals surface area contributed by atoms with Crippen LogP contribution in [0.3, 0.4) is 0 Å². The van der Waals surface area contributed by atoms with Crippen molar-refractivity contribution in [2.75, 3.05) is 19.7 Å². The van der Waals surface area contributed by atoms with Crippen molar-refractivity contribution < 1.29 is 27.7 Å². The lowest BCUT2D eigenvalue weighted by atomic mass is 9.97. The van der Waals surface area contributed by atoms with Gasteiger partial charge in [0, 0.05) is 29.2 Å². The minimum atomic E-state index is -4.17. The molecular weight excluding hydrogens is 504 g/mol. The number of amides is 1. The maximum atomic E-state index is 13.0. The van der Waals surface area contributed by atoms with E-state index >= 15 is 0 Å². The number of esters is 1. The zero-order valence-electron chi connectivity index (χ0n) is 17.2. The molecule has 3 rings (SSSR count). The number of sulfone groups is 1. The van der Waals surface area contributed by atoms with Gasteiger partial charge in [0.15, 0.2) is 0 Å². The van der Waals surface area contributed by atoms with E-state index in [0.29, 0.717) is 23.9 Å². The van der Waals surface area contributed by atoms with Gasteiger partial charge in [0.2, 0.25) is 9.84 Å². The number of nitrogens with zero attached hydrogens (tertiary/aromatic N) is 2. The van der Waals surface area contributed by atoms with Crippen LogP contribution in [0, 0.1) is 16.0 Å². The van der Waals surface area contributed by atoms with Crippen LogP contribution in [0.5, 0.6) is 0 Å². The normalized spacial score (nSPS) is 16.4. The molecule has 0 unspecified atom stereocenters. The minimum absolute atomic E-state index is 0.0176. The van der Waals surface area contributed by atoms with E-state index in [-0.39, 0.29) is 29.6 Å². The van der Waals surface area contributed by atoms with Crippen LogP contribution in [0.1, 0.15) is 30.1 Å². The molecule has 1 aliphatic heterocycles. The van der Waals surface area contributed by atoms with Gasteiger partial charge in [0.25, 0.3) is 11.6 Å². The Balaban J connectivity index is 1.92. The molecular formula is C21H21BrN2O7S. The molecule has 1 fully saturated rings. The van der Waals surface area contributed by atoms with Crippen LogP contribution >= 0.6 is 15.9 Å². The van der Waals surface area contributed by atoms with Crippen molar-refractivity contribution in [2.24, 2.45) is 5.92 Å². The fourth-order valence-electron chi connectivity index (χ4n) is 3.56. The van der Waals surface area contributed by atoms with E-state index in [2.05, 4.69) is 15.9 Å². The quantitative estimate of drug-likeness (QED) is 0.321. The number of carbonyl (C=O) groups is 2. The average molecular weight is 525 g/mol. The SMILES string of the molecule is CCOC(=O)[C@H]1CCCN(C(=O)c2ccc(S(=O)(=O)c3ccc(Br)cc3)c([N+](=O)[O-])c2)C1. The molecule has 0 aromatic heterocycles. The monoisotopic (exact) mass is 524 g/mol. The van der Waals surface area contributed by atoms with Crippen LogP contribution in [-0.4, -0.2) is 49.8 Å². The van der Waals surface area contributed by atoms with Crippen LogP contribution in [0.25, 0.3) is 0 Å². The Morgan fingerprint density at radius 2 is 1.91 bits per heavy atom. The fraction of sp³-hybridized carbons (Fsp3) is 0.333. The third-order valence-electron chi connectivity index (χ3n) is 5.14. The molecule has 0 bridgehead atoms. The molecule has 1 saturated heterocycles. The van der Waals surface area contributed by atoms with Crippen LogP contribution < -0.4 is 0 Å². The Morgan fingerprint density at radius 3 is 2.53 bits per heavy atom. The molecule has 2 aromatic rings. The highest BCUT2D eigenvalue weighted by atomic mass is 79.9. The lowest BCUT2D eigenvalue weighted by Gasteiger charge is -2.31. The van der Waals surface area contributed by atoms with Crippen LogP contribution in [0.4, 0.5) is 5.69 Å². The number of hydrogen-bond acceptors (Lipinski definition) is 7. The van der Waals surface area contributed by atoms with Gasteiger partial charge in [0.05, 0.1) is 22.3 Å². The van der Waals surface area contributed by atoms with Gasteiger partial charge >= 0.3 is 5.97 Å². The highest BCUT2D eigenvalue weighted by molar-refractivity contribution is 9.10. The van der Waals surface area contributed by atoms with Gasteiger partial charge < -0.3 is 9.64 Å². The zero-order chi connectivity index (χ0) is 23.5. The summed E-state index contributed by atoms with van der Waals surface area (Å²) in [6.45, 7) is 2.47. The largest absolute Gasteiger partial charge is 0.466 e. The number of ether oxygens (including phenoxy) is 1. The summed E-state index contributed by atoms with van der Waals surface area (Å²) < 4.78 is 31.6. The van der Waals surface area contributed by atoms with Crippen molar-refractivity contribution in [3.63, 3.8) is 0 Å². The van der Waals surface area contributed by atoms with Crippen molar-refractivity contribution in [1.82, 2.24) is 4.90 Å². The second kappa shape index (κ2) is 9.78. The van der Waals surface area contributed by atoms with Gasteiger partial charge in [-0.15, -0.1) is 0 Å². The summed E-state index contributed by atoms with van der Waals surface area (Å²) in [6.07, 6.45) is 1.18. The van der Waals surface area contributed by atoms with Crippen molar-refractivity contribution in [1.29, 1.82) is 0 Å². The summed E-state index contributed by atoms with van der Waals surface area (Å²) in [7, 11) is -4.17. The predicted molar refractivity (Wildman–Crippen MR) is 118 cm³/mol. The molecule has 2 aromatic carbocycles. The number of nitro benzene ring substituents is 1. The molecule has 32 heavy (non-hydrogen) atoms. The topological polar surface area (TPSA) is 124 Å². The maximum Gasteiger partial charge on any atom is 0.310 e. The maximum absolute atomic E-state index is 13.0. The first-order valence-corrected chi connectivity index (χ1v) is 12.2. The van der Waals surface area contributed by atoms with Gasteiger partial charge in [-0.25, -0.2) is 8.42 Å². The van der Waals surface area contributed by atoms with Gasteiger partial charge in [-0.2, -0.15) is 0 Å². The molecule has 0 saturated carbocycles. The van der Waals surface area contributed by atoms with Gasteiger partial charge in [0.1, 0.15) is 4.90 Å². The molecule has 1 atom stereocenters. The van der Waals surface area contributed by atoms with Crippen LogP contribution in [0.2, 0.25) is 0 Å². The number of halogens is 1. The predicted octanol–water partition coefficient (Wildman–Crippen LogP) is 3.61. The third-order valence-corrected chi connectivity index (χ3v) is 7.49. The molecule has 170 valence electrons. The van der Waals surface area contributed by atoms with Crippen molar-refractivity contribution in [3.8, 4) is 0 Å². The third kappa shape index (κ3) is 4.99. The molecule has 1 aliphatic rings. The molecule has 1 heterocycles. The first-order chi connectivity index (χ1) is 15.1. The second-order valence-electron chi connectivity index (χ2n) is 7.24. The number of rotatable bonds is 6. The number of hydrogen-bond donors (Lipinski definition) is 0. The Kier molecular flexibility index (Phi) is 7.29. The zero-order valence-corrected chi connectivity index (χ0v) is 19.6. The number of benzene rings is 2. The van der Waals surface area contributed by atoms with Crippen molar-refractivity contribution in [2.45, 2.75) is 29.6 Å². The Labute approximate surface area is 193 Å². The van der Waals surface area contributed by atoms with Gasteiger partial charge in [-0.05, 0) is 56.2 Å². The summed E-state index contributed by atoms with van der Waals surface area (Å²) in [4.78, 5) is 36.7. The fourth-order valence-corrected chi connectivity index (χ4v) is 5.23. The smallest absolute Gasteiger partial charge is 0.310 e. The highest BCUT2D eigenvalue weighted by Gasteiger charge is 2.32. The Bertz CT molecular complexity index is 1150. The van der Waals surface area contributed by atoms with E-state index in [1.165, 1.54) is 35.2 Å². The van der Waals surface area contributed by atoms with E-state index in [9.17, 15) is 28.1 Å². The van der Waals surface area contributed by atoms with E-state index in [1.54, 1.807) is 6.92 Å². The summed E-state index contributed by atoms with van der Waals surface area (Å²) in [5, 5.41) is 11.7. The summed E-state index contributed by atoms with van der Waals surface area (Å²) in [5.74, 6) is -1.35. The summed E-state index contributed by atoms with van der Waals surface area (Å²) in [5.41, 5.74) is -0.700. The number of piperidine rings is 1. The highest BCUT2D eigenvalue weighted by Crippen LogP contribution is 2.31. The van der Waals surface area contributed by atoms with Crippen LogP contribution in [0.15, 0.2) is 56.7 Å². The molecule has 0 spiro atoms. The molecule has 11 heteroatoms. The van der Waals surface area contributed by atoms with E-state index in [0.717, 1.165) is 12.1 Å². The van der Waals surface area contributed by atoms with Crippen LogP contribution in [-0.2, 0) is 19.4 Å².